The summed E-state index contributed by atoms with van der Waals surface area (Å²) in [4.78, 5) is 11.7. The van der Waals surface area contributed by atoms with Gasteiger partial charge in [0.25, 0.3) is 5.91 Å². The first kappa shape index (κ1) is 19.1. The molecule has 0 fully saturated rings. The Kier molecular flexibility index (Phi) is 6.65. The van der Waals surface area contributed by atoms with E-state index in [4.69, 9.17) is 9.47 Å². The van der Waals surface area contributed by atoms with Crippen molar-refractivity contribution in [3.63, 3.8) is 0 Å². The first-order valence-electron chi connectivity index (χ1n) is 6.90. The number of phenols is 2. The highest BCUT2D eigenvalue weighted by Gasteiger charge is 2.07. The van der Waals surface area contributed by atoms with Crippen LogP contribution >= 0.6 is 31.9 Å². The third-order valence-corrected chi connectivity index (χ3v) is 4.24. The summed E-state index contributed by atoms with van der Waals surface area (Å²) in [5.74, 6) is 0.402. The number of halogens is 2. The van der Waals surface area contributed by atoms with E-state index < -0.39 is 5.91 Å². The number of carbonyl (C=O) groups is 1. The molecule has 7 nitrogen and oxygen atoms in total. The number of hydrazone groups is 1. The number of methoxy groups -OCH3 is 1. The minimum atomic E-state index is -0.476. The number of aromatic hydroxyl groups is 2. The number of hydrogen-bond donors (Lipinski definition) is 3. The van der Waals surface area contributed by atoms with E-state index in [1.165, 1.54) is 12.3 Å². The fourth-order valence-electron chi connectivity index (χ4n) is 1.74. The van der Waals surface area contributed by atoms with E-state index in [0.717, 1.165) is 6.07 Å². The summed E-state index contributed by atoms with van der Waals surface area (Å²) >= 11 is 6.45. The molecule has 0 aliphatic carbocycles. The summed E-state index contributed by atoms with van der Waals surface area (Å²) in [7, 11) is 1.55. The van der Waals surface area contributed by atoms with Crippen LogP contribution in [0.15, 0.2) is 44.4 Å². The third-order valence-electron chi connectivity index (χ3n) is 2.99. The largest absolute Gasteiger partial charge is 0.507 e. The lowest BCUT2D eigenvalue weighted by molar-refractivity contribution is -0.123. The molecular formula is C16H14Br2N2O5. The summed E-state index contributed by atoms with van der Waals surface area (Å²) in [6.07, 6.45) is 1.25. The van der Waals surface area contributed by atoms with Gasteiger partial charge in [0.1, 0.15) is 23.0 Å². The normalized spacial score (nSPS) is 10.7. The number of amides is 1. The summed E-state index contributed by atoms with van der Waals surface area (Å²) < 4.78 is 11.5. The van der Waals surface area contributed by atoms with E-state index in [9.17, 15) is 15.0 Å². The summed E-state index contributed by atoms with van der Waals surface area (Å²) in [6, 6.07) is 7.73. The van der Waals surface area contributed by atoms with Gasteiger partial charge < -0.3 is 19.7 Å². The maximum atomic E-state index is 11.7. The van der Waals surface area contributed by atoms with Crippen LogP contribution in [0.25, 0.3) is 0 Å². The predicted octanol–water partition coefficient (Wildman–Crippen LogP) is 3.16. The molecule has 25 heavy (non-hydrogen) atoms. The minimum absolute atomic E-state index is 0.0999. The Bertz CT molecular complexity index is 811. The molecule has 1 amide bonds. The number of rotatable bonds is 6. The zero-order valence-electron chi connectivity index (χ0n) is 13.0. The number of benzene rings is 2. The fourth-order valence-corrected chi connectivity index (χ4v) is 2.58. The molecule has 9 heteroatoms. The number of nitrogens with one attached hydrogen (secondary N) is 1. The lowest BCUT2D eigenvalue weighted by atomic mass is 10.2. The topological polar surface area (TPSA) is 100 Å². The Hall–Kier alpha value is -2.26. The molecule has 0 aromatic heterocycles. The van der Waals surface area contributed by atoms with Gasteiger partial charge in [-0.15, -0.1) is 0 Å². The zero-order valence-corrected chi connectivity index (χ0v) is 16.2. The van der Waals surface area contributed by atoms with Gasteiger partial charge in [0.15, 0.2) is 6.61 Å². The molecule has 0 bridgehead atoms. The number of carbonyl (C=O) groups excluding carboxylic acids is 1. The number of nitrogens with zero attached hydrogens (tertiary/aromatic N) is 1. The van der Waals surface area contributed by atoms with Crippen LogP contribution in [0.3, 0.4) is 0 Å². The first-order valence-corrected chi connectivity index (χ1v) is 8.49. The summed E-state index contributed by atoms with van der Waals surface area (Å²) in [5.41, 5.74) is 2.60. The number of hydrogen-bond acceptors (Lipinski definition) is 6. The maximum Gasteiger partial charge on any atom is 0.277 e. The molecule has 0 saturated heterocycles. The van der Waals surface area contributed by atoms with Crippen LogP contribution in [0.4, 0.5) is 0 Å². The Morgan fingerprint density at radius 2 is 1.96 bits per heavy atom. The number of phenolic OH excluding ortho intramolecular Hbond substituents is 2. The van der Waals surface area contributed by atoms with Crippen LogP contribution in [-0.2, 0) is 4.79 Å². The molecule has 0 spiro atoms. The summed E-state index contributed by atoms with van der Waals surface area (Å²) in [6.45, 7) is -0.243. The van der Waals surface area contributed by atoms with E-state index in [1.54, 1.807) is 25.3 Å². The van der Waals surface area contributed by atoms with Gasteiger partial charge in [-0.05, 0) is 56.1 Å². The van der Waals surface area contributed by atoms with Crippen LogP contribution in [0.1, 0.15) is 5.56 Å². The van der Waals surface area contributed by atoms with Crippen LogP contribution in [0.5, 0.6) is 23.0 Å². The van der Waals surface area contributed by atoms with Crippen molar-refractivity contribution in [2.45, 2.75) is 0 Å². The van der Waals surface area contributed by atoms with Crippen molar-refractivity contribution in [2.24, 2.45) is 5.10 Å². The third kappa shape index (κ3) is 5.36. The van der Waals surface area contributed by atoms with Crippen LogP contribution in [0.2, 0.25) is 0 Å². The van der Waals surface area contributed by atoms with Gasteiger partial charge in [-0.1, -0.05) is 0 Å². The van der Waals surface area contributed by atoms with Gasteiger partial charge in [-0.3, -0.25) is 4.79 Å². The molecule has 0 aliphatic heterocycles. The second kappa shape index (κ2) is 8.72. The molecule has 0 aliphatic rings. The molecule has 0 heterocycles. The molecule has 0 radical (unpaired) electrons. The Morgan fingerprint density at radius 1 is 1.20 bits per heavy atom. The highest BCUT2D eigenvalue weighted by molar-refractivity contribution is 9.10. The lowest BCUT2D eigenvalue weighted by Gasteiger charge is -2.08. The van der Waals surface area contributed by atoms with Gasteiger partial charge in [0, 0.05) is 11.6 Å². The van der Waals surface area contributed by atoms with Crippen molar-refractivity contribution in [3.8, 4) is 23.0 Å². The highest BCUT2D eigenvalue weighted by atomic mass is 79.9. The van der Waals surface area contributed by atoms with Gasteiger partial charge in [0.05, 0.1) is 22.3 Å². The van der Waals surface area contributed by atoms with E-state index in [0.29, 0.717) is 26.0 Å². The van der Waals surface area contributed by atoms with Crippen LogP contribution in [0, 0.1) is 0 Å². The van der Waals surface area contributed by atoms with Crippen molar-refractivity contribution in [1.29, 1.82) is 0 Å². The van der Waals surface area contributed by atoms with E-state index >= 15 is 0 Å². The van der Waals surface area contributed by atoms with Crippen LogP contribution in [-0.4, -0.2) is 36.1 Å². The van der Waals surface area contributed by atoms with Gasteiger partial charge >= 0.3 is 0 Å². The molecule has 2 aromatic carbocycles. The molecule has 3 N–H and O–H groups in total. The SMILES string of the molecule is COc1ccc(OCC(=O)N/N=C\c2cc(Br)c(O)cc2O)c(Br)c1. The Balaban J connectivity index is 1.90. The fraction of sp³-hybridized carbons (Fsp3) is 0.125. The minimum Gasteiger partial charge on any atom is -0.507 e. The lowest BCUT2D eigenvalue weighted by Crippen LogP contribution is -2.24. The van der Waals surface area contributed by atoms with Crippen LogP contribution < -0.4 is 14.9 Å². The standard InChI is InChI=1S/C16H14Br2N2O5/c1-24-10-2-3-15(12(18)5-10)25-8-16(23)20-19-7-9-4-11(17)14(22)6-13(9)21/h2-7,21-22H,8H2,1H3,(H,20,23)/b19-7-. The van der Waals surface area contributed by atoms with E-state index in [-0.39, 0.29) is 18.1 Å². The van der Waals surface area contributed by atoms with Crippen molar-refractivity contribution in [3.05, 3.63) is 44.8 Å². The van der Waals surface area contributed by atoms with Gasteiger partial charge in [-0.25, -0.2) is 5.43 Å². The van der Waals surface area contributed by atoms with E-state index in [2.05, 4.69) is 42.4 Å². The summed E-state index contributed by atoms with van der Waals surface area (Å²) in [5, 5.41) is 22.8. The van der Waals surface area contributed by atoms with Gasteiger partial charge in [-0.2, -0.15) is 5.10 Å². The second-order valence-electron chi connectivity index (χ2n) is 4.74. The van der Waals surface area contributed by atoms with Crippen molar-refractivity contribution in [2.75, 3.05) is 13.7 Å². The average molecular weight is 474 g/mol. The van der Waals surface area contributed by atoms with Crippen molar-refractivity contribution >= 4 is 44.0 Å². The Labute approximate surface area is 160 Å². The highest BCUT2D eigenvalue weighted by Crippen LogP contribution is 2.30. The predicted molar refractivity (Wildman–Crippen MR) is 99.4 cm³/mol. The monoisotopic (exact) mass is 472 g/mol. The molecule has 2 aromatic rings. The zero-order chi connectivity index (χ0) is 18.4. The molecule has 0 unspecified atom stereocenters. The molecule has 0 saturated carbocycles. The number of ether oxygens (including phenoxy) is 2. The Morgan fingerprint density at radius 3 is 2.64 bits per heavy atom. The molecular weight excluding hydrogens is 460 g/mol. The average Bonchev–Trinajstić information content (AvgIpc) is 2.58. The smallest absolute Gasteiger partial charge is 0.277 e. The molecule has 2 rings (SSSR count). The van der Waals surface area contributed by atoms with Gasteiger partial charge in [0.2, 0.25) is 0 Å². The van der Waals surface area contributed by atoms with Crippen molar-refractivity contribution < 1.29 is 24.5 Å². The maximum absolute atomic E-state index is 11.7. The second-order valence-corrected chi connectivity index (χ2v) is 6.45. The molecule has 0 atom stereocenters. The van der Waals surface area contributed by atoms with Crippen molar-refractivity contribution in [1.82, 2.24) is 5.43 Å². The first-order chi connectivity index (χ1) is 11.9. The van der Waals surface area contributed by atoms with E-state index in [1.807, 2.05) is 0 Å². The molecule has 132 valence electrons. The quantitative estimate of drug-likeness (QED) is 0.442.